The van der Waals surface area contributed by atoms with Crippen molar-refractivity contribution < 1.29 is 14.8 Å². The maximum atomic E-state index is 11.8. The minimum atomic E-state index is -1.06. The molecule has 0 fully saturated rings. The van der Waals surface area contributed by atoms with Gasteiger partial charge in [-0.05, 0) is 5.92 Å². The Hall–Kier alpha value is -2.59. The summed E-state index contributed by atoms with van der Waals surface area (Å²) in [4.78, 5) is 38.0. The van der Waals surface area contributed by atoms with Crippen molar-refractivity contribution >= 4 is 28.9 Å². The predicted molar refractivity (Wildman–Crippen MR) is 72.1 cm³/mol. The molecule has 5 N–H and O–H groups in total. The SMILES string of the molecule is CC(C)[C@H](N)C(=O)N(O)C(=O)Nc1ncnc2nc[nH]c12. The number of amides is 3. The number of rotatable bonds is 3. The van der Waals surface area contributed by atoms with Crippen LogP contribution in [0.25, 0.3) is 11.2 Å². The molecule has 3 amide bonds. The molecular weight excluding hydrogens is 278 g/mol. The third-order valence-electron chi connectivity index (χ3n) is 2.85. The number of carbonyl (C=O) groups is 2. The molecule has 10 nitrogen and oxygen atoms in total. The van der Waals surface area contributed by atoms with Crippen LogP contribution in [-0.2, 0) is 4.79 Å². The second kappa shape index (κ2) is 5.81. The summed E-state index contributed by atoms with van der Waals surface area (Å²) in [5.41, 5.74) is 6.31. The molecule has 2 rings (SSSR count). The molecule has 0 spiro atoms. The lowest BCUT2D eigenvalue weighted by Gasteiger charge is -2.20. The van der Waals surface area contributed by atoms with Crippen LogP contribution < -0.4 is 11.1 Å². The number of hydrogen-bond acceptors (Lipinski definition) is 7. The standard InChI is InChI=1S/C11H15N7O3/c1-5(2)6(12)10(19)18(21)11(20)17-9-7-8(14-3-13-7)15-4-16-9/h3-6,21H,12H2,1-2H3,(H2,13,14,15,16,17,20)/t6-/m0/s1. The molecule has 0 unspecified atom stereocenters. The van der Waals surface area contributed by atoms with Crippen LogP contribution in [0.15, 0.2) is 12.7 Å². The Morgan fingerprint density at radius 2 is 2.10 bits per heavy atom. The van der Waals surface area contributed by atoms with E-state index < -0.39 is 18.0 Å². The molecule has 112 valence electrons. The Morgan fingerprint density at radius 3 is 2.76 bits per heavy atom. The summed E-state index contributed by atoms with van der Waals surface area (Å²) in [5, 5.41) is 11.8. The van der Waals surface area contributed by atoms with E-state index in [4.69, 9.17) is 5.73 Å². The fourth-order valence-corrected chi connectivity index (χ4v) is 1.54. The molecule has 10 heteroatoms. The van der Waals surface area contributed by atoms with Gasteiger partial charge in [-0.3, -0.25) is 15.3 Å². The normalized spacial score (nSPS) is 12.4. The Morgan fingerprint density at radius 1 is 1.38 bits per heavy atom. The molecular formula is C11H15N7O3. The number of nitrogens with one attached hydrogen (secondary N) is 2. The highest BCUT2D eigenvalue weighted by Gasteiger charge is 2.28. The van der Waals surface area contributed by atoms with Crippen LogP contribution in [0, 0.1) is 5.92 Å². The van der Waals surface area contributed by atoms with Crippen molar-refractivity contribution in [2.75, 3.05) is 5.32 Å². The average Bonchev–Trinajstić information content (AvgIpc) is 2.94. The topological polar surface area (TPSA) is 150 Å². The van der Waals surface area contributed by atoms with E-state index in [1.54, 1.807) is 13.8 Å². The van der Waals surface area contributed by atoms with E-state index in [0.29, 0.717) is 11.2 Å². The van der Waals surface area contributed by atoms with Gasteiger partial charge in [0, 0.05) is 0 Å². The number of hydrogen-bond donors (Lipinski definition) is 4. The van der Waals surface area contributed by atoms with Gasteiger partial charge in [-0.25, -0.2) is 19.7 Å². The summed E-state index contributed by atoms with van der Waals surface area (Å²) in [7, 11) is 0. The van der Waals surface area contributed by atoms with Crippen LogP contribution in [0.2, 0.25) is 0 Å². The van der Waals surface area contributed by atoms with E-state index in [-0.39, 0.29) is 16.8 Å². The number of H-pyrrole nitrogens is 1. The molecule has 0 aliphatic rings. The summed E-state index contributed by atoms with van der Waals surface area (Å²) in [6, 6.07) is -2.05. The Labute approximate surface area is 119 Å². The van der Waals surface area contributed by atoms with Gasteiger partial charge in [0.15, 0.2) is 11.5 Å². The smallest absolute Gasteiger partial charge is 0.340 e. The number of hydroxylamine groups is 2. The largest absolute Gasteiger partial charge is 0.354 e. The van der Waals surface area contributed by atoms with Gasteiger partial charge < -0.3 is 10.7 Å². The van der Waals surface area contributed by atoms with E-state index >= 15 is 0 Å². The Balaban J connectivity index is 2.14. The zero-order valence-electron chi connectivity index (χ0n) is 11.4. The van der Waals surface area contributed by atoms with Crippen molar-refractivity contribution in [2.24, 2.45) is 11.7 Å². The maximum absolute atomic E-state index is 11.8. The minimum Gasteiger partial charge on any atom is -0.340 e. The number of nitrogens with zero attached hydrogens (tertiary/aromatic N) is 4. The summed E-state index contributed by atoms with van der Waals surface area (Å²) in [6.07, 6.45) is 2.58. The van der Waals surface area contributed by atoms with Crippen LogP contribution in [0.3, 0.4) is 0 Å². The zero-order valence-corrected chi connectivity index (χ0v) is 11.4. The van der Waals surface area contributed by atoms with Crippen molar-refractivity contribution in [3.05, 3.63) is 12.7 Å². The molecule has 0 radical (unpaired) electrons. The van der Waals surface area contributed by atoms with Gasteiger partial charge in [-0.15, -0.1) is 5.06 Å². The number of urea groups is 1. The zero-order chi connectivity index (χ0) is 15.6. The van der Waals surface area contributed by atoms with E-state index in [2.05, 4.69) is 25.3 Å². The van der Waals surface area contributed by atoms with Crippen LogP contribution in [0.1, 0.15) is 13.8 Å². The number of nitrogens with two attached hydrogens (primary N) is 1. The van der Waals surface area contributed by atoms with Crippen molar-refractivity contribution in [3.8, 4) is 0 Å². The molecule has 21 heavy (non-hydrogen) atoms. The first-order valence-corrected chi connectivity index (χ1v) is 6.15. The molecule has 0 aromatic carbocycles. The van der Waals surface area contributed by atoms with E-state index in [0.717, 1.165) is 0 Å². The van der Waals surface area contributed by atoms with Crippen LogP contribution in [-0.4, -0.2) is 48.2 Å². The quantitative estimate of drug-likeness (QED) is 0.462. The maximum Gasteiger partial charge on any atom is 0.354 e. The van der Waals surface area contributed by atoms with Crippen LogP contribution >= 0.6 is 0 Å². The van der Waals surface area contributed by atoms with Gasteiger partial charge >= 0.3 is 6.03 Å². The number of carbonyl (C=O) groups excluding carboxylic acids is 2. The molecule has 2 heterocycles. The van der Waals surface area contributed by atoms with Gasteiger partial charge in [0.1, 0.15) is 11.8 Å². The lowest BCUT2D eigenvalue weighted by molar-refractivity contribution is -0.154. The molecule has 0 bridgehead atoms. The predicted octanol–water partition coefficient (Wildman–Crippen LogP) is 0.0859. The third-order valence-corrected chi connectivity index (χ3v) is 2.85. The first-order valence-electron chi connectivity index (χ1n) is 6.15. The van der Waals surface area contributed by atoms with Gasteiger partial charge in [-0.1, -0.05) is 13.8 Å². The Kier molecular flexibility index (Phi) is 4.10. The van der Waals surface area contributed by atoms with Gasteiger partial charge in [0.2, 0.25) is 0 Å². The van der Waals surface area contributed by atoms with Crippen molar-refractivity contribution in [1.29, 1.82) is 0 Å². The number of fused-ring (bicyclic) bond motifs is 1. The van der Waals surface area contributed by atoms with Crippen molar-refractivity contribution in [1.82, 2.24) is 25.0 Å². The van der Waals surface area contributed by atoms with E-state index in [9.17, 15) is 14.8 Å². The summed E-state index contributed by atoms with van der Waals surface area (Å²) in [6.45, 7) is 3.40. The average molecular weight is 293 g/mol. The van der Waals surface area contributed by atoms with Gasteiger partial charge in [0.25, 0.3) is 5.91 Å². The summed E-state index contributed by atoms with van der Waals surface area (Å²) in [5.74, 6) is -1.04. The van der Waals surface area contributed by atoms with Crippen LogP contribution in [0.4, 0.5) is 10.6 Å². The van der Waals surface area contributed by atoms with Gasteiger partial charge in [-0.2, -0.15) is 0 Å². The highest BCUT2D eigenvalue weighted by molar-refractivity contribution is 6.03. The van der Waals surface area contributed by atoms with Gasteiger partial charge in [0.05, 0.1) is 12.4 Å². The number of imidazole rings is 1. The lowest BCUT2D eigenvalue weighted by Crippen LogP contribution is -2.48. The first-order chi connectivity index (χ1) is 9.91. The Bertz CT molecular complexity index is 669. The summed E-state index contributed by atoms with van der Waals surface area (Å²) < 4.78 is 0. The number of imide groups is 1. The molecule has 0 saturated carbocycles. The first kappa shape index (κ1) is 14.8. The molecule has 0 aliphatic heterocycles. The highest BCUT2D eigenvalue weighted by Crippen LogP contribution is 2.15. The fourth-order valence-electron chi connectivity index (χ4n) is 1.54. The monoisotopic (exact) mass is 293 g/mol. The third kappa shape index (κ3) is 2.95. The second-order valence-corrected chi connectivity index (χ2v) is 4.67. The molecule has 0 saturated heterocycles. The van der Waals surface area contributed by atoms with E-state index in [1.165, 1.54) is 12.7 Å². The molecule has 1 atom stereocenters. The summed E-state index contributed by atoms with van der Waals surface area (Å²) >= 11 is 0. The lowest BCUT2D eigenvalue weighted by atomic mass is 10.1. The molecule has 0 aliphatic carbocycles. The van der Waals surface area contributed by atoms with Crippen molar-refractivity contribution in [3.63, 3.8) is 0 Å². The number of aromatic amines is 1. The fraction of sp³-hybridized carbons (Fsp3) is 0.364. The second-order valence-electron chi connectivity index (χ2n) is 4.67. The van der Waals surface area contributed by atoms with Crippen molar-refractivity contribution in [2.45, 2.75) is 19.9 Å². The highest BCUT2D eigenvalue weighted by atomic mass is 16.5. The molecule has 2 aromatic heterocycles. The van der Waals surface area contributed by atoms with E-state index in [1.807, 2.05) is 0 Å². The van der Waals surface area contributed by atoms with Crippen LogP contribution in [0.5, 0.6) is 0 Å². The number of aromatic nitrogens is 4. The molecule has 2 aromatic rings. The number of anilines is 1. The minimum absolute atomic E-state index is 0.0605.